The van der Waals surface area contributed by atoms with Crippen molar-refractivity contribution in [1.29, 1.82) is 0 Å². The normalized spacial score (nSPS) is 31.6. The van der Waals surface area contributed by atoms with Gasteiger partial charge >= 0.3 is 0 Å². The number of aliphatic hydroxyl groups is 1. The van der Waals surface area contributed by atoms with Gasteiger partial charge in [-0.25, -0.2) is 0 Å². The van der Waals surface area contributed by atoms with Gasteiger partial charge in [-0.1, -0.05) is 57.5 Å². The van der Waals surface area contributed by atoms with E-state index in [-0.39, 0.29) is 30.2 Å². The Hall–Kier alpha value is -2.45. The quantitative estimate of drug-likeness (QED) is 0.405. The summed E-state index contributed by atoms with van der Waals surface area (Å²) in [5.41, 5.74) is -0.914. The molecule has 1 spiro atoms. The predicted octanol–water partition coefficient (Wildman–Crippen LogP) is 2.39. The minimum Gasteiger partial charge on any atom is -0.394 e. The van der Waals surface area contributed by atoms with E-state index >= 15 is 0 Å². The number of unbranched alkanes of at least 4 members (excludes halogenated alkanes) is 1. The van der Waals surface area contributed by atoms with Crippen molar-refractivity contribution in [2.45, 2.75) is 89.6 Å². The van der Waals surface area contributed by atoms with Crippen LogP contribution in [0.25, 0.3) is 0 Å². The molecule has 2 unspecified atom stereocenters. The number of likely N-dealkylation sites (tertiary alicyclic amines) is 1. The lowest BCUT2D eigenvalue weighted by Gasteiger charge is -2.37. The molecule has 3 aliphatic rings. The average molecular weight is 500 g/mol. The number of carbonyl (C=O) groups is 3. The molecule has 3 aliphatic heterocycles. The number of carbonyl (C=O) groups excluding carboxylic acids is 3. The fraction of sp³-hybridized carbons (Fsp3) is 0.679. The Balaban J connectivity index is 1.67. The van der Waals surface area contributed by atoms with E-state index < -0.39 is 35.1 Å². The van der Waals surface area contributed by atoms with Crippen molar-refractivity contribution in [1.82, 2.24) is 15.5 Å². The molecule has 2 bridgehead atoms. The van der Waals surface area contributed by atoms with Crippen LogP contribution in [0.2, 0.25) is 0 Å². The van der Waals surface area contributed by atoms with Crippen molar-refractivity contribution in [2.75, 3.05) is 13.2 Å². The molecule has 3 N–H and O–H groups in total. The van der Waals surface area contributed by atoms with E-state index in [1.807, 2.05) is 51.1 Å². The third-order valence-electron chi connectivity index (χ3n) is 8.23. The fourth-order valence-corrected chi connectivity index (χ4v) is 6.66. The molecule has 6 atom stereocenters. The second-order valence-electron chi connectivity index (χ2n) is 11.3. The monoisotopic (exact) mass is 499 g/mol. The number of fused-ring (bicyclic) bond motifs is 1. The SMILES string of the molecule is CCCCNC(=O)C1N([C@@H](CO)CC(C)C)C(=O)[C@@H]2[C@@H](C(=O)NCc3ccccc3)[C@@]3(C)CCC12O3. The molecule has 0 saturated carbocycles. The van der Waals surface area contributed by atoms with Crippen LogP contribution in [0.5, 0.6) is 0 Å². The van der Waals surface area contributed by atoms with Gasteiger partial charge in [-0.2, -0.15) is 0 Å². The lowest BCUT2D eigenvalue weighted by Crippen LogP contribution is -2.58. The zero-order valence-corrected chi connectivity index (χ0v) is 22.0. The summed E-state index contributed by atoms with van der Waals surface area (Å²) in [5, 5.41) is 16.3. The maximum Gasteiger partial charge on any atom is 0.245 e. The van der Waals surface area contributed by atoms with Gasteiger partial charge in [0, 0.05) is 13.1 Å². The number of nitrogens with zero attached hydrogens (tertiary/aromatic N) is 1. The van der Waals surface area contributed by atoms with E-state index in [9.17, 15) is 19.5 Å². The summed E-state index contributed by atoms with van der Waals surface area (Å²) in [6.45, 7) is 8.64. The minimum atomic E-state index is -1.07. The van der Waals surface area contributed by atoms with Crippen molar-refractivity contribution in [3.05, 3.63) is 35.9 Å². The van der Waals surface area contributed by atoms with Crippen LogP contribution >= 0.6 is 0 Å². The standard InChI is InChI=1S/C28H41N3O5/c1-5-6-14-29-25(34)23-28-13-12-27(4,36-28)21(24(33)30-16-19-10-8-7-9-11-19)22(28)26(35)31(23)20(17-32)15-18(2)3/h7-11,18,20-23,32H,5-6,12-17H2,1-4H3,(H,29,34)(H,30,33)/t20-,21+,22+,23?,27-,28?/m1/s1. The van der Waals surface area contributed by atoms with Crippen LogP contribution in [0.1, 0.15) is 65.4 Å². The molecule has 198 valence electrons. The summed E-state index contributed by atoms with van der Waals surface area (Å²) in [7, 11) is 0. The topological polar surface area (TPSA) is 108 Å². The number of amides is 3. The number of hydrogen-bond acceptors (Lipinski definition) is 5. The Morgan fingerprint density at radius 3 is 2.53 bits per heavy atom. The maximum atomic E-state index is 14.1. The highest BCUT2D eigenvalue weighted by molar-refractivity contribution is 5.99. The third kappa shape index (κ3) is 4.54. The Kier molecular flexibility index (Phi) is 7.76. The summed E-state index contributed by atoms with van der Waals surface area (Å²) < 4.78 is 6.63. The van der Waals surface area contributed by atoms with Crippen molar-refractivity contribution in [3.63, 3.8) is 0 Å². The maximum absolute atomic E-state index is 14.1. The molecule has 4 rings (SSSR count). The Morgan fingerprint density at radius 2 is 1.89 bits per heavy atom. The largest absolute Gasteiger partial charge is 0.394 e. The smallest absolute Gasteiger partial charge is 0.245 e. The van der Waals surface area contributed by atoms with E-state index in [0.29, 0.717) is 32.4 Å². The summed E-state index contributed by atoms with van der Waals surface area (Å²) >= 11 is 0. The zero-order chi connectivity index (χ0) is 26.1. The summed E-state index contributed by atoms with van der Waals surface area (Å²) in [6, 6.07) is 8.27. The molecule has 1 aromatic carbocycles. The first-order chi connectivity index (χ1) is 17.2. The molecule has 0 radical (unpaired) electrons. The molecule has 3 saturated heterocycles. The highest BCUT2D eigenvalue weighted by Crippen LogP contribution is 2.63. The zero-order valence-electron chi connectivity index (χ0n) is 22.0. The van der Waals surface area contributed by atoms with E-state index in [0.717, 1.165) is 18.4 Å². The Labute approximate surface area is 214 Å². The van der Waals surface area contributed by atoms with Crippen LogP contribution in [0, 0.1) is 17.8 Å². The lowest BCUT2D eigenvalue weighted by atomic mass is 9.66. The van der Waals surface area contributed by atoms with Gasteiger partial charge in [0.15, 0.2) is 0 Å². The van der Waals surface area contributed by atoms with Gasteiger partial charge in [0.05, 0.1) is 30.1 Å². The molecule has 3 fully saturated rings. The molecular formula is C28H41N3O5. The van der Waals surface area contributed by atoms with Crippen molar-refractivity contribution in [3.8, 4) is 0 Å². The van der Waals surface area contributed by atoms with Gasteiger partial charge in [-0.3, -0.25) is 14.4 Å². The number of rotatable bonds is 11. The van der Waals surface area contributed by atoms with E-state index in [2.05, 4.69) is 17.6 Å². The average Bonchev–Trinajstić information content (AvgIpc) is 3.42. The van der Waals surface area contributed by atoms with E-state index in [1.165, 1.54) is 0 Å². The minimum absolute atomic E-state index is 0.219. The van der Waals surface area contributed by atoms with Gasteiger partial charge < -0.3 is 25.4 Å². The van der Waals surface area contributed by atoms with Gasteiger partial charge in [0.2, 0.25) is 17.7 Å². The van der Waals surface area contributed by atoms with Crippen LogP contribution in [0.4, 0.5) is 0 Å². The Morgan fingerprint density at radius 1 is 1.17 bits per heavy atom. The van der Waals surface area contributed by atoms with Crippen LogP contribution in [0.3, 0.4) is 0 Å². The van der Waals surface area contributed by atoms with Crippen LogP contribution in [-0.2, 0) is 25.7 Å². The molecule has 36 heavy (non-hydrogen) atoms. The first-order valence-electron chi connectivity index (χ1n) is 13.4. The predicted molar refractivity (Wildman–Crippen MR) is 136 cm³/mol. The first-order valence-corrected chi connectivity index (χ1v) is 13.4. The third-order valence-corrected chi connectivity index (χ3v) is 8.23. The second-order valence-corrected chi connectivity index (χ2v) is 11.3. The van der Waals surface area contributed by atoms with Gasteiger partial charge in [0.1, 0.15) is 11.6 Å². The lowest BCUT2D eigenvalue weighted by molar-refractivity contribution is -0.150. The van der Waals surface area contributed by atoms with Gasteiger partial charge in [-0.05, 0) is 44.1 Å². The second kappa shape index (κ2) is 10.5. The van der Waals surface area contributed by atoms with E-state index in [4.69, 9.17) is 4.74 Å². The number of benzene rings is 1. The number of hydrogen-bond donors (Lipinski definition) is 3. The first kappa shape index (κ1) is 26.6. The number of nitrogens with one attached hydrogen (secondary N) is 2. The van der Waals surface area contributed by atoms with Gasteiger partial charge in [-0.15, -0.1) is 0 Å². The highest BCUT2D eigenvalue weighted by atomic mass is 16.5. The summed E-state index contributed by atoms with van der Waals surface area (Å²) in [6.07, 6.45) is 3.46. The molecule has 1 aromatic rings. The molecule has 3 amide bonds. The van der Waals surface area contributed by atoms with Crippen LogP contribution < -0.4 is 10.6 Å². The summed E-state index contributed by atoms with van der Waals surface area (Å²) in [5.74, 6) is -1.97. The van der Waals surface area contributed by atoms with Crippen molar-refractivity contribution < 1.29 is 24.2 Å². The number of aliphatic hydroxyl groups excluding tert-OH is 1. The summed E-state index contributed by atoms with van der Waals surface area (Å²) in [4.78, 5) is 42.9. The van der Waals surface area contributed by atoms with Crippen molar-refractivity contribution in [2.24, 2.45) is 17.8 Å². The molecule has 8 nitrogen and oxygen atoms in total. The highest BCUT2D eigenvalue weighted by Gasteiger charge is 2.78. The molecule has 0 aliphatic carbocycles. The Bertz CT molecular complexity index is 969. The van der Waals surface area contributed by atoms with Crippen LogP contribution in [-0.4, -0.2) is 64.2 Å². The molecule has 0 aromatic heterocycles. The molecule has 3 heterocycles. The number of ether oxygens (including phenoxy) is 1. The molecular weight excluding hydrogens is 458 g/mol. The fourth-order valence-electron chi connectivity index (χ4n) is 6.66. The molecule has 8 heteroatoms. The van der Waals surface area contributed by atoms with E-state index in [1.54, 1.807) is 4.90 Å². The van der Waals surface area contributed by atoms with Crippen LogP contribution in [0.15, 0.2) is 30.3 Å². The van der Waals surface area contributed by atoms with Crippen molar-refractivity contribution >= 4 is 17.7 Å². The van der Waals surface area contributed by atoms with Gasteiger partial charge in [0.25, 0.3) is 0 Å².